The molecule has 0 aromatic heterocycles. The smallest absolute Gasteiger partial charge is 0.148 e. The zero-order valence-electron chi connectivity index (χ0n) is 20.3. The summed E-state index contributed by atoms with van der Waals surface area (Å²) in [7, 11) is 0. The van der Waals surface area contributed by atoms with E-state index in [-0.39, 0.29) is 42.6 Å². The zero-order valence-corrected chi connectivity index (χ0v) is 20.3. The molecule has 2 spiro atoms. The molecule has 3 aliphatic rings. The Hall–Kier alpha value is -2.30. The number of hydrogen-bond donors (Lipinski definition) is 0. The molecule has 0 N–H and O–H groups in total. The van der Waals surface area contributed by atoms with Gasteiger partial charge >= 0.3 is 0 Å². The fraction of sp³-hybridized carbons (Fsp3) is 0.630. The highest BCUT2D eigenvalue weighted by atomic mass is 16.2. The van der Waals surface area contributed by atoms with Crippen LogP contribution in [0.15, 0.2) is 18.2 Å². The lowest BCUT2D eigenvalue weighted by Crippen LogP contribution is -2.66. The minimum atomic E-state index is -1.29. The number of rotatable bonds is 1. The summed E-state index contributed by atoms with van der Waals surface area (Å²) in [6.07, 6.45) is 1.22. The number of carbonyl (C=O) groups is 4. The van der Waals surface area contributed by atoms with E-state index < -0.39 is 21.7 Å². The minimum absolute atomic E-state index is 0.0445. The highest BCUT2D eigenvalue weighted by Gasteiger charge is 2.64. The van der Waals surface area contributed by atoms with E-state index in [0.29, 0.717) is 25.7 Å². The molecular formula is C27H35NO4. The normalized spacial score (nSPS) is 26.1. The lowest BCUT2D eigenvalue weighted by atomic mass is 9.51. The van der Waals surface area contributed by atoms with Gasteiger partial charge in [0.25, 0.3) is 0 Å². The van der Waals surface area contributed by atoms with Gasteiger partial charge in [-0.2, -0.15) is 0 Å². The fourth-order valence-electron chi connectivity index (χ4n) is 6.04. The van der Waals surface area contributed by atoms with Gasteiger partial charge in [-0.25, -0.2) is 0 Å². The van der Waals surface area contributed by atoms with Crippen molar-refractivity contribution in [2.24, 2.45) is 21.7 Å². The predicted molar refractivity (Wildman–Crippen MR) is 124 cm³/mol. The van der Waals surface area contributed by atoms with E-state index in [9.17, 15) is 19.2 Å². The van der Waals surface area contributed by atoms with E-state index in [1.165, 1.54) is 0 Å². The van der Waals surface area contributed by atoms with Gasteiger partial charge in [0, 0.05) is 44.5 Å². The van der Waals surface area contributed by atoms with Gasteiger partial charge in [-0.15, -0.1) is 0 Å². The first-order valence-electron chi connectivity index (χ1n) is 11.7. The Bertz CT molecular complexity index is 936. The average Bonchev–Trinajstić information content (AvgIpc) is 2.65. The van der Waals surface area contributed by atoms with Crippen LogP contribution in [0.4, 0.5) is 5.69 Å². The maximum atomic E-state index is 13.6. The maximum Gasteiger partial charge on any atom is 0.148 e. The van der Waals surface area contributed by atoms with Gasteiger partial charge in [0.1, 0.15) is 34.0 Å². The van der Waals surface area contributed by atoms with Crippen molar-refractivity contribution in [1.82, 2.24) is 0 Å². The van der Waals surface area contributed by atoms with E-state index in [1.54, 1.807) is 0 Å². The van der Waals surface area contributed by atoms with Crippen molar-refractivity contribution in [3.8, 4) is 0 Å². The zero-order chi connectivity index (χ0) is 23.7. The molecule has 5 nitrogen and oxygen atoms in total. The number of nitrogens with zero attached hydrogens (tertiary/aromatic N) is 1. The first-order chi connectivity index (χ1) is 14.7. The van der Waals surface area contributed by atoms with Gasteiger partial charge in [-0.3, -0.25) is 19.2 Å². The Labute approximate surface area is 190 Å². The number of benzene rings is 1. The van der Waals surface area contributed by atoms with Gasteiger partial charge < -0.3 is 4.90 Å². The van der Waals surface area contributed by atoms with Gasteiger partial charge in [-0.1, -0.05) is 33.8 Å². The second kappa shape index (κ2) is 7.10. The van der Waals surface area contributed by atoms with Crippen molar-refractivity contribution in [3.05, 3.63) is 29.3 Å². The summed E-state index contributed by atoms with van der Waals surface area (Å²) < 4.78 is 0. The monoisotopic (exact) mass is 437 g/mol. The molecule has 2 aliphatic carbocycles. The molecule has 1 aromatic rings. The summed E-state index contributed by atoms with van der Waals surface area (Å²) in [4.78, 5) is 56.3. The number of anilines is 1. The van der Waals surface area contributed by atoms with E-state index >= 15 is 0 Å². The number of carbonyl (C=O) groups excluding carboxylic acids is 4. The van der Waals surface area contributed by atoms with Crippen molar-refractivity contribution in [2.75, 3.05) is 18.0 Å². The van der Waals surface area contributed by atoms with Crippen LogP contribution >= 0.6 is 0 Å². The third-order valence-electron chi connectivity index (χ3n) is 8.07. The summed E-state index contributed by atoms with van der Waals surface area (Å²) >= 11 is 0. The molecule has 4 rings (SSSR count). The Kier molecular flexibility index (Phi) is 5.07. The summed E-state index contributed by atoms with van der Waals surface area (Å²) in [5.74, 6) is -0.455. The molecule has 1 aliphatic heterocycles. The quantitative estimate of drug-likeness (QED) is 0.609. The van der Waals surface area contributed by atoms with Crippen LogP contribution in [0.1, 0.15) is 70.9 Å². The lowest BCUT2D eigenvalue weighted by Gasteiger charge is -2.54. The molecule has 3 fully saturated rings. The highest BCUT2D eigenvalue weighted by molar-refractivity contribution is 6.15. The van der Waals surface area contributed by atoms with Crippen molar-refractivity contribution >= 4 is 28.8 Å². The minimum Gasteiger partial charge on any atom is -0.369 e. The summed E-state index contributed by atoms with van der Waals surface area (Å²) in [5.41, 5.74) is -0.258. The number of hydrogen-bond acceptors (Lipinski definition) is 5. The van der Waals surface area contributed by atoms with E-state index in [0.717, 1.165) is 16.8 Å². The van der Waals surface area contributed by atoms with Crippen LogP contribution in [0.3, 0.4) is 0 Å². The Morgan fingerprint density at radius 2 is 1.06 bits per heavy atom. The standard InChI is InChI=1S/C27H35NO4/c1-17-7-8-19(9-18(17)2)28-15-26(20(29)10-24(3,4)11-21(26)30)14-27(16-28)22(31)12-25(5,6)13-23(27)32/h7-9H,10-16H2,1-6H3. The van der Waals surface area contributed by atoms with Crippen LogP contribution in [0.25, 0.3) is 0 Å². The van der Waals surface area contributed by atoms with Crippen LogP contribution in [0.5, 0.6) is 0 Å². The average molecular weight is 438 g/mol. The second-order valence-electron chi connectivity index (χ2n) is 12.2. The summed E-state index contributed by atoms with van der Waals surface area (Å²) in [6, 6.07) is 6.02. The molecule has 172 valence electrons. The summed E-state index contributed by atoms with van der Waals surface area (Å²) in [5, 5.41) is 0. The molecule has 2 saturated carbocycles. The van der Waals surface area contributed by atoms with Crippen molar-refractivity contribution < 1.29 is 19.2 Å². The van der Waals surface area contributed by atoms with Crippen molar-refractivity contribution in [1.29, 1.82) is 0 Å². The van der Waals surface area contributed by atoms with Gasteiger partial charge in [0.15, 0.2) is 0 Å². The van der Waals surface area contributed by atoms with Crippen LogP contribution in [-0.2, 0) is 19.2 Å². The molecule has 0 bridgehead atoms. The predicted octanol–water partition coefficient (Wildman–Crippen LogP) is 4.40. The van der Waals surface area contributed by atoms with E-state index in [1.807, 2.05) is 64.6 Å². The molecule has 1 saturated heterocycles. The first kappa shape index (κ1) is 22.9. The van der Waals surface area contributed by atoms with Gasteiger partial charge in [-0.05, 0) is 54.4 Å². The Balaban J connectivity index is 1.85. The number of piperidine rings is 1. The van der Waals surface area contributed by atoms with Crippen LogP contribution in [-0.4, -0.2) is 36.2 Å². The molecule has 0 radical (unpaired) electrons. The highest BCUT2D eigenvalue weighted by Crippen LogP contribution is 2.54. The van der Waals surface area contributed by atoms with Crippen LogP contribution < -0.4 is 4.90 Å². The Morgan fingerprint density at radius 3 is 1.44 bits per heavy atom. The molecule has 0 amide bonds. The molecule has 32 heavy (non-hydrogen) atoms. The molecule has 0 unspecified atom stereocenters. The lowest BCUT2D eigenvalue weighted by molar-refractivity contribution is -0.159. The third-order valence-corrected chi connectivity index (χ3v) is 8.07. The SMILES string of the molecule is Cc1ccc(N2CC3(CC4(C2)C(=O)CC(C)(C)CC4=O)C(=O)CC(C)(C)CC3=O)cc1C. The molecular weight excluding hydrogens is 402 g/mol. The largest absolute Gasteiger partial charge is 0.369 e. The van der Waals surface area contributed by atoms with E-state index in [4.69, 9.17) is 0 Å². The fourth-order valence-corrected chi connectivity index (χ4v) is 6.04. The van der Waals surface area contributed by atoms with Gasteiger partial charge in [0.2, 0.25) is 0 Å². The number of ketones is 4. The maximum absolute atomic E-state index is 13.6. The van der Waals surface area contributed by atoms with Crippen molar-refractivity contribution in [2.45, 2.75) is 73.6 Å². The topological polar surface area (TPSA) is 71.5 Å². The number of Topliss-reactive ketones (excluding diaryl/α,β-unsaturated/α-hetero) is 4. The summed E-state index contributed by atoms with van der Waals surface area (Å²) in [6.45, 7) is 12.3. The van der Waals surface area contributed by atoms with Crippen molar-refractivity contribution in [3.63, 3.8) is 0 Å². The molecule has 1 heterocycles. The Morgan fingerprint density at radius 1 is 0.656 bits per heavy atom. The van der Waals surface area contributed by atoms with Crippen LogP contribution in [0.2, 0.25) is 0 Å². The third kappa shape index (κ3) is 3.54. The first-order valence-corrected chi connectivity index (χ1v) is 11.7. The van der Waals surface area contributed by atoms with Crippen LogP contribution in [0, 0.1) is 35.5 Å². The molecule has 0 atom stereocenters. The molecule has 1 aromatic carbocycles. The number of aryl methyl sites for hydroxylation is 2. The van der Waals surface area contributed by atoms with E-state index in [2.05, 4.69) is 0 Å². The second-order valence-corrected chi connectivity index (χ2v) is 12.2. The molecule has 5 heteroatoms. The van der Waals surface area contributed by atoms with Gasteiger partial charge in [0.05, 0.1) is 0 Å².